The lowest BCUT2D eigenvalue weighted by Gasteiger charge is -2.15. The summed E-state index contributed by atoms with van der Waals surface area (Å²) in [7, 11) is 0. The van der Waals surface area contributed by atoms with Crippen molar-refractivity contribution in [3.05, 3.63) is 56.6 Å². The maximum Gasteiger partial charge on any atom is 0.124 e. The first-order valence-electron chi connectivity index (χ1n) is 10.4. The van der Waals surface area contributed by atoms with Crippen molar-refractivity contribution >= 4 is 23.2 Å². The van der Waals surface area contributed by atoms with Crippen molar-refractivity contribution in [2.45, 2.75) is 39.0 Å². The van der Waals surface area contributed by atoms with Gasteiger partial charge in [-0.05, 0) is 63.3 Å². The third-order valence-corrected chi connectivity index (χ3v) is 5.58. The second-order valence-electron chi connectivity index (χ2n) is 7.56. The summed E-state index contributed by atoms with van der Waals surface area (Å²) < 4.78 is 0. The average Bonchev–Trinajstić information content (AvgIpc) is 2.71. The smallest absolute Gasteiger partial charge is 0.124 e. The molecule has 0 saturated heterocycles. The molecule has 1 aliphatic heterocycles. The van der Waals surface area contributed by atoms with Gasteiger partial charge in [-0.3, -0.25) is 0 Å². The predicted octanol–water partition coefficient (Wildman–Crippen LogP) is 3.26. The highest BCUT2D eigenvalue weighted by atomic mass is 35.5. The van der Waals surface area contributed by atoms with Crippen LogP contribution in [-0.4, -0.2) is 36.4 Å². The molecule has 1 aliphatic rings. The molecule has 164 valence electrons. The quantitative estimate of drug-likeness (QED) is 0.367. The summed E-state index contributed by atoms with van der Waals surface area (Å²) in [6.45, 7) is 5.41. The van der Waals surface area contributed by atoms with E-state index < -0.39 is 0 Å². The molecule has 2 aromatic rings. The van der Waals surface area contributed by atoms with Gasteiger partial charge in [-0.2, -0.15) is 0 Å². The second kappa shape index (κ2) is 11.7. The van der Waals surface area contributed by atoms with E-state index in [-0.39, 0.29) is 0 Å². The summed E-state index contributed by atoms with van der Waals surface area (Å²) in [5, 5.41) is 35.8. The Morgan fingerprint density at radius 2 is 0.800 bits per heavy atom. The van der Waals surface area contributed by atoms with Crippen molar-refractivity contribution < 1.29 is 10.2 Å². The van der Waals surface area contributed by atoms with Crippen LogP contribution >= 0.6 is 23.2 Å². The standard InChI is InChI=1S/C22H30Cl2N4O2/c23-19-7-15-11-25-3-1-4-26-12-16-8-20(24)10-18(22(16)30)14-28-6-2-5-27-13-17(9-19)21(15)29/h7-10,25-30H,1-6,11-14H2. The zero-order chi connectivity index (χ0) is 21.3. The molecular weight excluding hydrogens is 423 g/mol. The second-order valence-corrected chi connectivity index (χ2v) is 8.43. The zero-order valence-corrected chi connectivity index (χ0v) is 18.5. The molecule has 8 heteroatoms. The van der Waals surface area contributed by atoms with Gasteiger partial charge in [0.05, 0.1) is 0 Å². The van der Waals surface area contributed by atoms with Gasteiger partial charge in [-0.1, -0.05) is 23.2 Å². The average molecular weight is 453 g/mol. The van der Waals surface area contributed by atoms with E-state index in [9.17, 15) is 10.2 Å². The maximum atomic E-state index is 10.6. The molecule has 0 radical (unpaired) electrons. The van der Waals surface area contributed by atoms with Crippen LogP contribution in [0.25, 0.3) is 0 Å². The topological polar surface area (TPSA) is 88.6 Å². The van der Waals surface area contributed by atoms with Gasteiger partial charge >= 0.3 is 0 Å². The van der Waals surface area contributed by atoms with Crippen LogP contribution in [0.2, 0.25) is 10.0 Å². The first-order valence-corrected chi connectivity index (χ1v) is 11.1. The van der Waals surface area contributed by atoms with Gasteiger partial charge < -0.3 is 31.5 Å². The molecule has 0 spiro atoms. The van der Waals surface area contributed by atoms with Gasteiger partial charge in [0, 0.05) is 58.5 Å². The monoisotopic (exact) mass is 452 g/mol. The highest BCUT2D eigenvalue weighted by Gasteiger charge is 2.11. The van der Waals surface area contributed by atoms with Gasteiger partial charge in [0.2, 0.25) is 0 Å². The molecular formula is C22H30Cl2N4O2. The number of benzene rings is 2. The van der Waals surface area contributed by atoms with E-state index in [2.05, 4.69) is 21.3 Å². The minimum Gasteiger partial charge on any atom is -0.507 e. The third-order valence-electron chi connectivity index (χ3n) is 5.14. The lowest BCUT2D eigenvalue weighted by Crippen LogP contribution is -2.23. The van der Waals surface area contributed by atoms with E-state index in [1.165, 1.54) is 0 Å². The van der Waals surface area contributed by atoms with Crippen LogP contribution in [0.4, 0.5) is 0 Å². The molecule has 2 aromatic carbocycles. The molecule has 3 rings (SSSR count). The van der Waals surface area contributed by atoms with Crippen LogP contribution in [0, 0.1) is 0 Å². The summed E-state index contributed by atoms with van der Waals surface area (Å²) in [5.74, 6) is 0.604. The van der Waals surface area contributed by atoms with Crippen LogP contribution in [0.1, 0.15) is 35.1 Å². The van der Waals surface area contributed by atoms with Crippen molar-refractivity contribution in [2.24, 2.45) is 0 Å². The van der Waals surface area contributed by atoms with E-state index in [4.69, 9.17) is 23.2 Å². The first kappa shape index (κ1) is 23.1. The van der Waals surface area contributed by atoms with Crippen molar-refractivity contribution in [2.75, 3.05) is 26.2 Å². The number of hydrogen-bond donors (Lipinski definition) is 6. The number of phenols is 2. The van der Waals surface area contributed by atoms with Crippen LogP contribution < -0.4 is 21.3 Å². The molecule has 0 atom stereocenters. The lowest BCUT2D eigenvalue weighted by molar-refractivity contribution is 0.449. The molecule has 6 nitrogen and oxygen atoms in total. The fourth-order valence-corrected chi connectivity index (χ4v) is 4.07. The van der Waals surface area contributed by atoms with Gasteiger partial charge in [0.25, 0.3) is 0 Å². The van der Waals surface area contributed by atoms with Gasteiger partial charge in [-0.15, -0.1) is 0 Å². The van der Waals surface area contributed by atoms with Crippen molar-refractivity contribution in [1.82, 2.24) is 21.3 Å². The Balaban J connectivity index is 1.65. The van der Waals surface area contributed by atoms with Crippen molar-refractivity contribution in [1.29, 1.82) is 0 Å². The molecule has 30 heavy (non-hydrogen) atoms. The van der Waals surface area contributed by atoms with E-state index in [1.54, 1.807) is 24.3 Å². The number of hydrogen-bond acceptors (Lipinski definition) is 6. The number of phenolic OH excluding ortho intramolecular Hbond substituents is 2. The molecule has 0 amide bonds. The molecule has 4 bridgehead atoms. The Labute approximate surface area is 188 Å². The number of nitrogens with one attached hydrogen (secondary N) is 4. The summed E-state index contributed by atoms with van der Waals surface area (Å²) in [4.78, 5) is 0. The Bertz CT molecular complexity index is 720. The predicted molar refractivity (Wildman–Crippen MR) is 122 cm³/mol. The summed E-state index contributed by atoms with van der Waals surface area (Å²) in [5.41, 5.74) is 3.22. The third kappa shape index (κ3) is 6.74. The van der Waals surface area contributed by atoms with Crippen LogP contribution in [-0.2, 0) is 26.2 Å². The minimum atomic E-state index is 0.302. The van der Waals surface area contributed by atoms with E-state index in [0.717, 1.165) is 61.3 Å². The fourth-order valence-electron chi connectivity index (χ4n) is 3.54. The highest BCUT2D eigenvalue weighted by Crippen LogP contribution is 2.28. The normalized spacial score (nSPS) is 17.4. The Morgan fingerprint density at radius 3 is 1.07 bits per heavy atom. The van der Waals surface area contributed by atoms with Gasteiger partial charge in [-0.25, -0.2) is 0 Å². The molecule has 0 saturated carbocycles. The van der Waals surface area contributed by atoms with Gasteiger partial charge in [0.1, 0.15) is 11.5 Å². The van der Waals surface area contributed by atoms with Crippen LogP contribution in [0.3, 0.4) is 0 Å². The maximum absolute atomic E-state index is 10.6. The zero-order valence-electron chi connectivity index (χ0n) is 17.0. The Hall–Kier alpha value is -1.54. The molecule has 0 unspecified atom stereocenters. The molecule has 0 aliphatic carbocycles. The van der Waals surface area contributed by atoms with Crippen LogP contribution in [0.5, 0.6) is 11.5 Å². The Kier molecular flexibility index (Phi) is 9.05. The number of rotatable bonds is 0. The molecule has 0 fully saturated rings. The summed E-state index contributed by atoms with van der Waals surface area (Å²) >= 11 is 12.5. The van der Waals surface area contributed by atoms with E-state index in [1.807, 2.05) is 0 Å². The fraction of sp³-hybridized carbons (Fsp3) is 0.455. The first-order chi connectivity index (χ1) is 14.5. The molecule has 1 heterocycles. The molecule has 0 aromatic heterocycles. The summed E-state index contributed by atoms with van der Waals surface area (Å²) in [6.07, 6.45) is 1.82. The number of fused-ring (bicyclic) bond motifs is 4. The van der Waals surface area contributed by atoms with Gasteiger partial charge in [0.15, 0.2) is 0 Å². The molecule has 6 N–H and O–H groups in total. The lowest BCUT2D eigenvalue weighted by atomic mass is 10.1. The van der Waals surface area contributed by atoms with E-state index in [0.29, 0.717) is 47.7 Å². The van der Waals surface area contributed by atoms with Crippen molar-refractivity contribution in [3.8, 4) is 11.5 Å². The van der Waals surface area contributed by atoms with Crippen LogP contribution in [0.15, 0.2) is 24.3 Å². The number of halogens is 2. The number of aromatic hydroxyl groups is 2. The SMILES string of the molecule is Oc1c2cc(Cl)cc1CNCCCNCc1cc(Cl)cc(c1O)CNCCCNC2. The van der Waals surface area contributed by atoms with E-state index >= 15 is 0 Å². The van der Waals surface area contributed by atoms with Crippen molar-refractivity contribution in [3.63, 3.8) is 0 Å². The highest BCUT2D eigenvalue weighted by molar-refractivity contribution is 6.31. The minimum absolute atomic E-state index is 0.302. The summed E-state index contributed by atoms with van der Waals surface area (Å²) in [6, 6.07) is 7.23. The largest absolute Gasteiger partial charge is 0.507 e. The Morgan fingerprint density at radius 1 is 0.533 bits per heavy atom.